The summed E-state index contributed by atoms with van der Waals surface area (Å²) in [5, 5.41) is 9.02. The van der Waals surface area contributed by atoms with Gasteiger partial charge in [0, 0.05) is 23.5 Å². The highest BCUT2D eigenvalue weighted by molar-refractivity contribution is 9.10. The molecule has 0 radical (unpaired) electrons. The molecule has 5 nitrogen and oxygen atoms in total. The minimum atomic E-state index is -0.860. The van der Waals surface area contributed by atoms with E-state index in [2.05, 4.69) is 15.9 Å². The molecule has 1 aromatic carbocycles. The Hall–Kier alpha value is -1.56. The first-order chi connectivity index (χ1) is 11.0. The molecule has 1 amide bonds. The largest absolute Gasteiger partial charge is 0.494 e. The van der Waals surface area contributed by atoms with Crippen LogP contribution in [-0.4, -0.2) is 41.1 Å². The van der Waals surface area contributed by atoms with E-state index in [0.29, 0.717) is 26.0 Å². The van der Waals surface area contributed by atoms with Crippen LogP contribution in [0.4, 0.5) is 0 Å². The van der Waals surface area contributed by atoms with Gasteiger partial charge in [-0.15, -0.1) is 0 Å². The standard InChI is InChI=1S/C17H22BrNO4/c1-12(17(21)22)11-19(14-7-8-14)16(20)6-3-9-23-15-5-2-4-13(18)10-15/h2,4-5,10,12,14H,3,6-9,11H2,1H3,(H,21,22). The zero-order chi connectivity index (χ0) is 16.8. The van der Waals surface area contributed by atoms with Crippen LogP contribution >= 0.6 is 15.9 Å². The quantitative estimate of drug-likeness (QED) is 0.664. The molecule has 0 bridgehead atoms. The predicted molar refractivity (Wildman–Crippen MR) is 90.4 cm³/mol. The number of carbonyl (C=O) groups excluding carboxylic acids is 1. The van der Waals surface area contributed by atoms with E-state index in [9.17, 15) is 9.59 Å². The monoisotopic (exact) mass is 383 g/mol. The number of benzene rings is 1. The Balaban J connectivity index is 1.75. The summed E-state index contributed by atoms with van der Waals surface area (Å²) >= 11 is 3.38. The molecule has 6 heteroatoms. The molecule has 0 aromatic heterocycles. The van der Waals surface area contributed by atoms with E-state index in [-0.39, 0.29) is 11.9 Å². The second-order valence-corrected chi connectivity index (χ2v) is 6.84. The van der Waals surface area contributed by atoms with Gasteiger partial charge in [-0.25, -0.2) is 0 Å². The maximum absolute atomic E-state index is 12.3. The molecular formula is C17H22BrNO4. The highest BCUT2D eigenvalue weighted by atomic mass is 79.9. The van der Waals surface area contributed by atoms with E-state index in [0.717, 1.165) is 23.1 Å². The van der Waals surface area contributed by atoms with Crippen molar-refractivity contribution >= 4 is 27.8 Å². The van der Waals surface area contributed by atoms with Gasteiger partial charge < -0.3 is 14.7 Å². The third-order valence-corrected chi connectivity index (χ3v) is 4.29. The lowest BCUT2D eigenvalue weighted by Crippen LogP contribution is -2.38. The molecule has 1 saturated carbocycles. The van der Waals surface area contributed by atoms with E-state index >= 15 is 0 Å². The molecule has 0 saturated heterocycles. The second-order valence-electron chi connectivity index (χ2n) is 5.93. The van der Waals surface area contributed by atoms with Crippen molar-refractivity contribution in [2.75, 3.05) is 13.2 Å². The van der Waals surface area contributed by atoms with Crippen LogP contribution in [0, 0.1) is 5.92 Å². The molecule has 1 aliphatic rings. The molecule has 126 valence electrons. The average molecular weight is 384 g/mol. The molecule has 1 atom stereocenters. The number of nitrogens with zero attached hydrogens (tertiary/aromatic N) is 1. The summed E-state index contributed by atoms with van der Waals surface area (Å²) in [4.78, 5) is 25.0. The molecule has 2 rings (SSSR count). The Morgan fingerprint density at radius 2 is 2.17 bits per heavy atom. The molecule has 1 N–H and O–H groups in total. The third kappa shape index (κ3) is 5.86. The smallest absolute Gasteiger partial charge is 0.308 e. The second kappa shape index (κ2) is 8.34. The van der Waals surface area contributed by atoms with Crippen molar-refractivity contribution in [3.8, 4) is 5.75 Å². The van der Waals surface area contributed by atoms with Gasteiger partial charge in [0.1, 0.15) is 5.75 Å². The molecule has 1 unspecified atom stereocenters. The van der Waals surface area contributed by atoms with E-state index in [1.54, 1.807) is 11.8 Å². The average Bonchev–Trinajstić information content (AvgIpc) is 3.33. The summed E-state index contributed by atoms with van der Waals surface area (Å²) in [6.07, 6.45) is 2.96. The molecular weight excluding hydrogens is 362 g/mol. The minimum absolute atomic E-state index is 0.0263. The Morgan fingerprint density at radius 1 is 1.43 bits per heavy atom. The number of halogens is 1. The van der Waals surface area contributed by atoms with Crippen molar-refractivity contribution in [3.63, 3.8) is 0 Å². The number of carboxylic acid groups (broad SMARTS) is 1. The van der Waals surface area contributed by atoms with Gasteiger partial charge in [0.15, 0.2) is 0 Å². The van der Waals surface area contributed by atoms with Crippen molar-refractivity contribution in [3.05, 3.63) is 28.7 Å². The summed E-state index contributed by atoms with van der Waals surface area (Å²) < 4.78 is 6.57. The lowest BCUT2D eigenvalue weighted by Gasteiger charge is -2.24. The van der Waals surface area contributed by atoms with Gasteiger partial charge >= 0.3 is 5.97 Å². The first-order valence-corrected chi connectivity index (χ1v) is 8.67. The van der Waals surface area contributed by atoms with Gasteiger partial charge in [0.2, 0.25) is 5.91 Å². The summed E-state index contributed by atoms with van der Waals surface area (Å²) in [7, 11) is 0. The van der Waals surface area contributed by atoms with Crippen molar-refractivity contribution < 1.29 is 19.4 Å². The summed E-state index contributed by atoms with van der Waals surface area (Å²) in [5.41, 5.74) is 0. The maximum Gasteiger partial charge on any atom is 0.308 e. The van der Waals surface area contributed by atoms with Crippen LogP contribution in [0.5, 0.6) is 5.75 Å². The Kier molecular flexibility index (Phi) is 6.45. The SMILES string of the molecule is CC(CN(C(=O)CCCOc1cccc(Br)c1)C1CC1)C(=O)O. The van der Waals surface area contributed by atoms with E-state index in [1.807, 2.05) is 24.3 Å². The van der Waals surface area contributed by atoms with Crippen molar-refractivity contribution in [1.29, 1.82) is 0 Å². The molecule has 0 heterocycles. The molecule has 1 fully saturated rings. The lowest BCUT2D eigenvalue weighted by atomic mass is 10.1. The van der Waals surface area contributed by atoms with E-state index < -0.39 is 11.9 Å². The summed E-state index contributed by atoms with van der Waals surface area (Å²) in [6.45, 7) is 2.40. The van der Waals surface area contributed by atoms with Gasteiger partial charge in [-0.2, -0.15) is 0 Å². The number of hydrogen-bond acceptors (Lipinski definition) is 3. The summed E-state index contributed by atoms with van der Waals surface area (Å²) in [5.74, 6) is -0.595. The van der Waals surface area contributed by atoms with Gasteiger partial charge in [-0.1, -0.05) is 28.9 Å². The number of hydrogen-bond donors (Lipinski definition) is 1. The van der Waals surface area contributed by atoms with Crippen LogP contribution in [0.1, 0.15) is 32.6 Å². The lowest BCUT2D eigenvalue weighted by molar-refractivity contribution is -0.143. The molecule has 1 aliphatic carbocycles. The fourth-order valence-corrected chi connectivity index (χ4v) is 2.71. The highest BCUT2D eigenvalue weighted by Gasteiger charge is 2.33. The number of rotatable bonds is 9. The molecule has 0 aliphatic heterocycles. The van der Waals surface area contributed by atoms with Crippen LogP contribution in [0.2, 0.25) is 0 Å². The van der Waals surface area contributed by atoms with E-state index in [4.69, 9.17) is 9.84 Å². The van der Waals surface area contributed by atoms with Gasteiger partial charge in [-0.05, 0) is 37.5 Å². The molecule has 23 heavy (non-hydrogen) atoms. The minimum Gasteiger partial charge on any atom is -0.494 e. The Bertz CT molecular complexity index is 559. The number of carbonyl (C=O) groups is 2. The van der Waals surface area contributed by atoms with Crippen LogP contribution in [0.15, 0.2) is 28.7 Å². The fourth-order valence-electron chi connectivity index (χ4n) is 2.33. The van der Waals surface area contributed by atoms with Crippen molar-refractivity contribution in [1.82, 2.24) is 4.90 Å². The fraction of sp³-hybridized carbons (Fsp3) is 0.529. The first-order valence-electron chi connectivity index (χ1n) is 7.88. The van der Waals surface area contributed by atoms with Gasteiger partial charge in [-0.3, -0.25) is 9.59 Å². The number of ether oxygens (including phenoxy) is 1. The normalized spacial score (nSPS) is 15.0. The number of amides is 1. The van der Waals surface area contributed by atoms with Gasteiger partial charge in [0.25, 0.3) is 0 Å². The van der Waals surface area contributed by atoms with Crippen LogP contribution in [-0.2, 0) is 9.59 Å². The van der Waals surface area contributed by atoms with Crippen molar-refractivity contribution in [2.45, 2.75) is 38.6 Å². The highest BCUT2D eigenvalue weighted by Crippen LogP contribution is 2.28. The summed E-state index contributed by atoms with van der Waals surface area (Å²) in [6, 6.07) is 7.81. The van der Waals surface area contributed by atoms with E-state index in [1.165, 1.54) is 0 Å². The van der Waals surface area contributed by atoms with Crippen molar-refractivity contribution in [2.24, 2.45) is 5.92 Å². The zero-order valence-electron chi connectivity index (χ0n) is 13.2. The topological polar surface area (TPSA) is 66.8 Å². The predicted octanol–water partition coefficient (Wildman–Crippen LogP) is 3.32. The molecule has 1 aromatic rings. The maximum atomic E-state index is 12.3. The Morgan fingerprint density at radius 3 is 2.78 bits per heavy atom. The first kappa shape index (κ1) is 17.8. The third-order valence-electron chi connectivity index (χ3n) is 3.80. The number of aliphatic carboxylic acids is 1. The van der Waals surface area contributed by atoms with Crippen LogP contribution in [0.25, 0.3) is 0 Å². The zero-order valence-corrected chi connectivity index (χ0v) is 14.8. The van der Waals surface area contributed by atoms with Crippen LogP contribution < -0.4 is 4.74 Å². The van der Waals surface area contributed by atoms with Gasteiger partial charge in [0.05, 0.1) is 12.5 Å². The number of carboxylic acids is 1. The Labute approximate surface area is 144 Å². The molecule has 0 spiro atoms. The van der Waals surface area contributed by atoms with Crippen LogP contribution in [0.3, 0.4) is 0 Å².